The molecule has 3 aliphatic carbocycles. The van der Waals surface area contributed by atoms with Crippen molar-refractivity contribution in [3.05, 3.63) is 29.3 Å². The molecule has 0 saturated heterocycles. The van der Waals surface area contributed by atoms with Crippen LogP contribution in [0, 0.1) is 17.3 Å². The van der Waals surface area contributed by atoms with Crippen LogP contribution in [-0.4, -0.2) is 16.3 Å². The fourth-order valence-corrected chi connectivity index (χ4v) is 5.54. The first-order chi connectivity index (χ1) is 9.59. The molecule has 0 aliphatic heterocycles. The van der Waals surface area contributed by atoms with Crippen LogP contribution in [0.2, 0.25) is 0 Å². The highest BCUT2D eigenvalue weighted by Crippen LogP contribution is 2.60. The summed E-state index contributed by atoms with van der Waals surface area (Å²) in [5, 5.41) is 20.0. The van der Waals surface area contributed by atoms with Gasteiger partial charge in [0.25, 0.3) is 0 Å². The Hall–Kier alpha value is -1.02. The summed E-state index contributed by atoms with van der Waals surface area (Å²) in [5.41, 5.74) is 2.99. The summed E-state index contributed by atoms with van der Waals surface area (Å²) >= 11 is 0. The molecule has 0 heterocycles. The molecule has 2 unspecified atom stereocenters. The predicted octanol–water partition coefficient (Wildman–Crippen LogP) is 3.61. The molecule has 2 N–H and O–H groups in total. The molecule has 2 nitrogen and oxygen atoms in total. The lowest BCUT2D eigenvalue weighted by Gasteiger charge is -2.50. The number of phenols is 1. The largest absolute Gasteiger partial charge is 0.508 e. The van der Waals surface area contributed by atoms with Crippen molar-refractivity contribution in [3.8, 4) is 5.75 Å². The Morgan fingerprint density at radius 1 is 1.15 bits per heavy atom. The molecule has 0 amide bonds. The van der Waals surface area contributed by atoms with E-state index in [4.69, 9.17) is 0 Å². The minimum absolute atomic E-state index is 0.0883. The van der Waals surface area contributed by atoms with E-state index in [1.807, 2.05) is 12.1 Å². The van der Waals surface area contributed by atoms with Gasteiger partial charge in [-0.05, 0) is 85.0 Å². The topological polar surface area (TPSA) is 40.5 Å². The third-order valence-electron chi connectivity index (χ3n) is 6.66. The number of aliphatic hydroxyl groups excluding tert-OH is 1. The van der Waals surface area contributed by atoms with Crippen LogP contribution >= 0.6 is 0 Å². The Morgan fingerprint density at radius 2 is 2.00 bits per heavy atom. The molecule has 4 rings (SSSR count). The van der Waals surface area contributed by atoms with Gasteiger partial charge in [-0.1, -0.05) is 13.0 Å². The van der Waals surface area contributed by atoms with Gasteiger partial charge in [0.15, 0.2) is 0 Å². The van der Waals surface area contributed by atoms with E-state index in [0.717, 1.165) is 25.2 Å². The molecule has 2 saturated carbocycles. The third kappa shape index (κ3) is 1.60. The number of hydrogen-bond donors (Lipinski definition) is 2. The second-order valence-corrected chi connectivity index (χ2v) is 7.44. The molecule has 0 aromatic heterocycles. The zero-order valence-corrected chi connectivity index (χ0v) is 12.2. The minimum Gasteiger partial charge on any atom is -0.508 e. The summed E-state index contributed by atoms with van der Waals surface area (Å²) in [5.74, 6) is 2.49. The zero-order chi connectivity index (χ0) is 13.9. The maximum Gasteiger partial charge on any atom is 0.115 e. The molecule has 0 bridgehead atoms. The Balaban J connectivity index is 1.71. The lowest BCUT2D eigenvalue weighted by molar-refractivity contribution is -0.0226. The van der Waals surface area contributed by atoms with Gasteiger partial charge >= 0.3 is 0 Å². The summed E-state index contributed by atoms with van der Waals surface area (Å²) < 4.78 is 0. The predicted molar refractivity (Wildman–Crippen MR) is 78.7 cm³/mol. The number of benzene rings is 1. The Kier molecular flexibility index (Phi) is 2.69. The van der Waals surface area contributed by atoms with Crippen LogP contribution in [0.3, 0.4) is 0 Å². The first-order valence-electron chi connectivity index (χ1n) is 8.09. The van der Waals surface area contributed by atoms with Gasteiger partial charge in [-0.25, -0.2) is 0 Å². The fourth-order valence-electron chi connectivity index (χ4n) is 5.54. The molecule has 108 valence electrons. The van der Waals surface area contributed by atoms with Crippen molar-refractivity contribution in [2.75, 3.05) is 0 Å². The summed E-state index contributed by atoms with van der Waals surface area (Å²) in [6, 6.07) is 5.96. The van der Waals surface area contributed by atoms with Crippen molar-refractivity contribution in [1.82, 2.24) is 0 Å². The van der Waals surface area contributed by atoms with Crippen LogP contribution in [0.25, 0.3) is 0 Å². The highest BCUT2D eigenvalue weighted by Gasteiger charge is 2.54. The van der Waals surface area contributed by atoms with Gasteiger partial charge in [0.05, 0.1) is 6.10 Å². The highest BCUT2D eigenvalue weighted by molar-refractivity contribution is 5.40. The van der Waals surface area contributed by atoms with E-state index < -0.39 is 0 Å². The standard InChI is InChI=1S/C18H24O2/c1-18-9-8-14-13-5-3-12(19)10-11(13)2-4-15(14)16(18)6-7-17(18)20/h3,5,10,14-17,19-20H,2,4,6-9H2,1H3/t14?,15?,16-,17-,18-/m0/s1. The van der Waals surface area contributed by atoms with Gasteiger partial charge in [-0.2, -0.15) is 0 Å². The second-order valence-electron chi connectivity index (χ2n) is 7.44. The van der Waals surface area contributed by atoms with Gasteiger partial charge in [0.1, 0.15) is 5.75 Å². The molecular formula is C18H24O2. The van der Waals surface area contributed by atoms with E-state index in [1.54, 1.807) is 0 Å². The molecule has 1 aromatic carbocycles. The van der Waals surface area contributed by atoms with Gasteiger partial charge in [0.2, 0.25) is 0 Å². The van der Waals surface area contributed by atoms with Gasteiger partial charge in [-0.15, -0.1) is 0 Å². The molecule has 3 aliphatic rings. The summed E-state index contributed by atoms with van der Waals surface area (Å²) in [6.07, 6.45) is 6.78. The van der Waals surface area contributed by atoms with E-state index in [-0.39, 0.29) is 11.5 Å². The van der Waals surface area contributed by atoms with E-state index in [2.05, 4.69) is 13.0 Å². The van der Waals surface area contributed by atoms with Crippen LogP contribution < -0.4 is 0 Å². The molecule has 0 spiro atoms. The Morgan fingerprint density at radius 3 is 2.85 bits per heavy atom. The van der Waals surface area contributed by atoms with Crippen LogP contribution in [0.1, 0.15) is 56.1 Å². The number of phenolic OH excluding ortho intramolecular Hbond substituents is 1. The van der Waals surface area contributed by atoms with Crippen molar-refractivity contribution < 1.29 is 10.2 Å². The quantitative estimate of drug-likeness (QED) is 0.757. The Labute approximate surface area is 120 Å². The van der Waals surface area contributed by atoms with Gasteiger partial charge < -0.3 is 10.2 Å². The molecule has 1 aromatic rings. The van der Waals surface area contributed by atoms with Crippen molar-refractivity contribution in [1.29, 1.82) is 0 Å². The smallest absolute Gasteiger partial charge is 0.115 e. The van der Waals surface area contributed by atoms with Crippen LogP contribution in [-0.2, 0) is 6.42 Å². The number of aryl methyl sites for hydroxylation is 1. The zero-order valence-electron chi connectivity index (χ0n) is 12.2. The van der Waals surface area contributed by atoms with E-state index in [1.165, 1.54) is 30.4 Å². The number of aromatic hydroxyl groups is 1. The number of rotatable bonds is 0. The van der Waals surface area contributed by atoms with Crippen molar-refractivity contribution in [3.63, 3.8) is 0 Å². The summed E-state index contributed by atoms with van der Waals surface area (Å²) in [7, 11) is 0. The van der Waals surface area contributed by atoms with E-state index in [0.29, 0.717) is 17.6 Å². The van der Waals surface area contributed by atoms with Crippen LogP contribution in [0.15, 0.2) is 18.2 Å². The monoisotopic (exact) mass is 272 g/mol. The normalized spacial score (nSPS) is 42.7. The molecule has 0 radical (unpaired) electrons. The van der Waals surface area contributed by atoms with E-state index in [9.17, 15) is 10.2 Å². The molecule has 2 heteroatoms. The van der Waals surface area contributed by atoms with Gasteiger partial charge in [0, 0.05) is 0 Å². The lowest BCUT2D eigenvalue weighted by atomic mass is 9.55. The number of hydrogen-bond acceptors (Lipinski definition) is 2. The maximum atomic E-state index is 10.4. The third-order valence-corrected chi connectivity index (χ3v) is 6.66. The van der Waals surface area contributed by atoms with Crippen LogP contribution in [0.5, 0.6) is 5.75 Å². The molecule has 5 atom stereocenters. The van der Waals surface area contributed by atoms with Crippen molar-refractivity contribution in [2.45, 2.75) is 57.5 Å². The first kappa shape index (κ1) is 12.7. The number of fused-ring (bicyclic) bond motifs is 5. The summed E-state index contributed by atoms with van der Waals surface area (Å²) in [4.78, 5) is 0. The fraction of sp³-hybridized carbons (Fsp3) is 0.667. The molecule has 20 heavy (non-hydrogen) atoms. The number of aliphatic hydroxyl groups is 1. The second kappa shape index (κ2) is 4.24. The average Bonchev–Trinajstić information content (AvgIpc) is 2.74. The first-order valence-corrected chi connectivity index (χ1v) is 8.09. The Bertz CT molecular complexity index is 538. The lowest BCUT2D eigenvalue weighted by Crippen LogP contribution is -2.43. The maximum absolute atomic E-state index is 10.4. The van der Waals surface area contributed by atoms with Crippen molar-refractivity contribution >= 4 is 0 Å². The minimum atomic E-state index is -0.0883. The summed E-state index contributed by atoms with van der Waals surface area (Å²) in [6.45, 7) is 2.32. The van der Waals surface area contributed by atoms with E-state index >= 15 is 0 Å². The molecule has 2 fully saturated rings. The SMILES string of the molecule is C[C@]12CCC3c4ccc(O)cc4CCC3[C@@H]1CC[C@@H]2O. The highest BCUT2D eigenvalue weighted by atomic mass is 16.3. The van der Waals surface area contributed by atoms with Gasteiger partial charge in [-0.3, -0.25) is 0 Å². The van der Waals surface area contributed by atoms with Crippen molar-refractivity contribution in [2.24, 2.45) is 17.3 Å². The molecular weight excluding hydrogens is 248 g/mol. The van der Waals surface area contributed by atoms with Crippen LogP contribution in [0.4, 0.5) is 0 Å². The average molecular weight is 272 g/mol.